The second kappa shape index (κ2) is 6.25. The molecule has 0 aliphatic carbocycles. The number of fused-ring (bicyclic) bond motifs is 1. The van der Waals surface area contributed by atoms with E-state index in [9.17, 15) is 22.8 Å². The van der Waals surface area contributed by atoms with Crippen LogP contribution in [0.5, 0.6) is 5.75 Å². The lowest BCUT2D eigenvalue weighted by molar-refractivity contribution is -0.152. The predicted octanol–water partition coefficient (Wildman–Crippen LogP) is 2.54. The summed E-state index contributed by atoms with van der Waals surface area (Å²) in [5.41, 5.74) is 0.293. The molecule has 2 rings (SSSR count). The number of amides is 1. The van der Waals surface area contributed by atoms with Gasteiger partial charge in [-0.15, -0.1) is 0 Å². The number of carbonyl (C=O) groups is 2. The van der Waals surface area contributed by atoms with Gasteiger partial charge in [-0.25, -0.2) is 4.79 Å². The maximum Gasteiger partial charge on any atom is 0.397 e. The highest BCUT2D eigenvalue weighted by atomic mass is 19.4. The Bertz CT molecular complexity index is 586. The van der Waals surface area contributed by atoms with E-state index < -0.39 is 24.5 Å². The average molecular weight is 317 g/mol. The van der Waals surface area contributed by atoms with Crippen LogP contribution in [0.4, 0.5) is 18.9 Å². The molecule has 0 atom stereocenters. The Morgan fingerprint density at radius 2 is 2.09 bits per heavy atom. The summed E-state index contributed by atoms with van der Waals surface area (Å²) in [5, 5.41) is 0. The number of alkyl halides is 3. The fourth-order valence-corrected chi connectivity index (χ4v) is 2.09. The number of benzene rings is 1. The highest BCUT2D eigenvalue weighted by molar-refractivity contribution is 5.98. The van der Waals surface area contributed by atoms with Gasteiger partial charge in [0.25, 0.3) is 0 Å². The van der Waals surface area contributed by atoms with Crippen LogP contribution in [0.2, 0.25) is 0 Å². The summed E-state index contributed by atoms with van der Waals surface area (Å²) in [7, 11) is 0. The number of hydrogen-bond donors (Lipinski definition) is 0. The Morgan fingerprint density at radius 3 is 2.73 bits per heavy atom. The van der Waals surface area contributed by atoms with Crippen molar-refractivity contribution in [1.82, 2.24) is 0 Å². The molecule has 0 bridgehead atoms. The molecule has 8 heteroatoms. The van der Waals surface area contributed by atoms with E-state index in [1.54, 1.807) is 6.92 Å². The third-order valence-corrected chi connectivity index (χ3v) is 2.99. The third kappa shape index (κ3) is 3.69. The summed E-state index contributed by atoms with van der Waals surface area (Å²) in [6.45, 7) is 1.89. The standard InChI is InChI=1S/C14H14F3NO4/c1-2-21-13(20)9-3-4-11-10(7-9)18(5-6-22-11)12(19)8-14(15,16)17/h3-4,7H,2,5-6,8H2,1H3. The molecule has 0 radical (unpaired) electrons. The summed E-state index contributed by atoms with van der Waals surface area (Å²) in [6, 6.07) is 4.18. The van der Waals surface area contributed by atoms with Gasteiger partial charge in [0, 0.05) is 0 Å². The van der Waals surface area contributed by atoms with Gasteiger partial charge in [0.1, 0.15) is 18.8 Å². The fraction of sp³-hybridized carbons (Fsp3) is 0.429. The minimum atomic E-state index is -4.59. The second-order valence-corrected chi connectivity index (χ2v) is 4.59. The highest BCUT2D eigenvalue weighted by Crippen LogP contribution is 2.34. The molecule has 1 heterocycles. The molecule has 1 amide bonds. The summed E-state index contributed by atoms with van der Waals surface area (Å²) >= 11 is 0. The van der Waals surface area contributed by atoms with Crippen LogP contribution in [0.25, 0.3) is 0 Å². The van der Waals surface area contributed by atoms with Crippen molar-refractivity contribution in [2.24, 2.45) is 0 Å². The normalized spacial score (nSPS) is 14.1. The molecule has 0 fully saturated rings. The van der Waals surface area contributed by atoms with Crippen molar-refractivity contribution in [2.45, 2.75) is 19.5 Å². The van der Waals surface area contributed by atoms with Gasteiger partial charge in [0.05, 0.1) is 24.4 Å². The van der Waals surface area contributed by atoms with E-state index >= 15 is 0 Å². The number of rotatable bonds is 3. The van der Waals surface area contributed by atoms with Gasteiger partial charge in [0.15, 0.2) is 0 Å². The zero-order valence-electron chi connectivity index (χ0n) is 11.8. The van der Waals surface area contributed by atoms with E-state index in [-0.39, 0.29) is 36.8 Å². The first-order valence-electron chi connectivity index (χ1n) is 6.63. The molecule has 1 aromatic carbocycles. The Kier molecular flexibility index (Phi) is 4.58. The zero-order chi connectivity index (χ0) is 16.3. The molecule has 0 aromatic heterocycles. The van der Waals surface area contributed by atoms with Crippen molar-refractivity contribution in [3.63, 3.8) is 0 Å². The number of ether oxygens (including phenoxy) is 2. The summed E-state index contributed by atoms with van der Waals surface area (Å²) < 4.78 is 47.3. The smallest absolute Gasteiger partial charge is 0.397 e. The maximum atomic E-state index is 12.4. The van der Waals surface area contributed by atoms with Gasteiger partial charge >= 0.3 is 12.1 Å². The van der Waals surface area contributed by atoms with Crippen LogP contribution in [0, 0.1) is 0 Å². The zero-order valence-corrected chi connectivity index (χ0v) is 11.8. The number of esters is 1. The average Bonchev–Trinajstić information content (AvgIpc) is 2.44. The van der Waals surface area contributed by atoms with Gasteiger partial charge in [0.2, 0.25) is 5.91 Å². The molecule has 1 aliphatic rings. The first kappa shape index (κ1) is 16.1. The molecule has 0 saturated heterocycles. The van der Waals surface area contributed by atoms with Gasteiger partial charge in [-0.3, -0.25) is 4.79 Å². The Balaban J connectivity index is 2.30. The van der Waals surface area contributed by atoms with Crippen LogP contribution in [-0.4, -0.2) is 37.8 Å². The number of halogens is 3. The molecule has 0 saturated carbocycles. The van der Waals surface area contributed by atoms with Gasteiger partial charge in [-0.2, -0.15) is 13.2 Å². The Morgan fingerprint density at radius 1 is 1.36 bits per heavy atom. The minimum absolute atomic E-state index is 0.00576. The van der Waals surface area contributed by atoms with Crippen molar-refractivity contribution in [2.75, 3.05) is 24.7 Å². The number of nitrogens with zero attached hydrogens (tertiary/aromatic N) is 1. The summed E-state index contributed by atoms with van der Waals surface area (Å²) in [6.07, 6.45) is -6.15. The lowest BCUT2D eigenvalue weighted by Gasteiger charge is -2.30. The van der Waals surface area contributed by atoms with E-state index in [2.05, 4.69) is 0 Å². The van der Waals surface area contributed by atoms with Crippen molar-refractivity contribution in [1.29, 1.82) is 0 Å². The molecule has 5 nitrogen and oxygen atoms in total. The van der Waals surface area contributed by atoms with E-state index in [1.807, 2.05) is 0 Å². The van der Waals surface area contributed by atoms with Crippen LogP contribution < -0.4 is 9.64 Å². The van der Waals surface area contributed by atoms with Crippen LogP contribution in [-0.2, 0) is 9.53 Å². The van der Waals surface area contributed by atoms with Gasteiger partial charge in [-0.1, -0.05) is 0 Å². The largest absolute Gasteiger partial charge is 0.490 e. The Hall–Kier alpha value is -2.25. The monoisotopic (exact) mass is 317 g/mol. The molecular formula is C14H14F3NO4. The third-order valence-electron chi connectivity index (χ3n) is 2.99. The molecule has 22 heavy (non-hydrogen) atoms. The first-order valence-corrected chi connectivity index (χ1v) is 6.63. The van der Waals surface area contributed by atoms with Crippen LogP contribution >= 0.6 is 0 Å². The molecule has 0 spiro atoms. The quantitative estimate of drug-likeness (QED) is 0.804. The lowest BCUT2D eigenvalue weighted by atomic mass is 10.1. The summed E-state index contributed by atoms with van der Waals surface area (Å²) in [5.74, 6) is -1.44. The molecule has 1 aromatic rings. The predicted molar refractivity (Wildman–Crippen MR) is 70.9 cm³/mol. The van der Waals surface area contributed by atoms with E-state index in [1.165, 1.54) is 18.2 Å². The van der Waals surface area contributed by atoms with Crippen molar-refractivity contribution >= 4 is 17.6 Å². The Labute approximate surface area is 124 Å². The summed E-state index contributed by atoms with van der Waals surface area (Å²) in [4.78, 5) is 24.5. The number of carbonyl (C=O) groups excluding carboxylic acids is 2. The molecular weight excluding hydrogens is 303 g/mol. The number of anilines is 1. The minimum Gasteiger partial charge on any atom is -0.490 e. The van der Waals surface area contributed by atoms with Crippen LogP contribution in [0.3, 0.4) is 0 Å². The van der Waals surface area contributed by atoms with E-state index in [4.69, 9.17) is 9.47 Å². The van der Waals surface area contributed by atoms with Crippen molar-refractivity contribution in [3.8, 4) is 5.75 Å². The lowest BCUT2D eigenvalue weighted by Crippen LogP contribution is -2.40. The fourth-order valence-electron chi connectivity index (χ4n) is 2.09. The van der Waals surface area contributed by atoms with E-state index in [0.29, 0.717) is 0 Å². The van der Waals surface area contributed by atoms with Gasteiger partial charge < -0.3 is 14.4 Å². The number of hydrogen-bond acceptors (Lipinski definition) is 4. The first-order chi connectivity index (χ1) is 10.3. The maximum absolute atomic E-state index is 12.4. The van der Waals surface area contributed by atoms with Crippen molar-refractivity contribution < 1.29 is 32.2 Å². The molecule has 0 N–H and O–H groups in total. The second-order valence-electron chi connectivity index (χ2n) is 4.59. The topological polar surface area (TPSA) is 55.8 Å². The van der Waals surface area contributed by atoms with E-state index in [0.717, 1.165) is 4.90 Å². The molecule has 0 unspecified atom stereocenters. The van der Waals surface area contributed by atoms with Crippen LogP contribution in [0.15, 0.2) is 18.2 Å². The van der Waals surface area contributed by atoms with Crippen molar-refractivity contribution in [3.05, 3.63) is 23.8 Å². The highest BCUT2D eigenvalue weighted by Gasteiger charge is 2.35. The molecule has 1 aliphatic heterocycles. The molecule has 120 valence electrons. The SMILES string of the molecule is CCOC(=O)c1ccc2c(c1)N(C(=O)CC(F)(F)F)CCO2. The van der Waals surface area contributed by atoms with Crippen LogP contribution in [0.1, 0.15) is 23.7 Å². The van der Waals surface area contributed by atoms with Gasteiger partial charge in [-0.05, 0) is 25.1 Å².